The van der Waals surface area contributed by atoms with Crippen LogP contribution < -0.4 is 5.32 Å². The number of rotatable bonds is 8. The Labute approximate surface area is 172 Å². The minimum absolute atomic E-state index is 0.0916. The third kappa shape index (κ3) is 4.31. The highest BCUT2D eigenvalue weighted by Crippen LogP contribution is 2.28. The highest BCUT2D eigenvalue weighted by molar-refractivity contribution is 5.78. The van der Waals surface area contributed by atoms with Gasteiger partial charge in [-0.25, -0.2) is 9.97 Å². The second-order valence-corrected chi connectivity index (χ2v) is 7.40. The summed E-state index contributed by atoms with van der Waals surface area (Å²) in [6.45, 7) is 14.5. The Morgan fingerprint density at radius 1 is 1.31 bits per heavy atom. The molecule has 0 aliphatic heterocycles. The molecule has 0 radical (unpaired) electrons. The van der Waals surface area contributed by atoms with Crippen LogP contribution in [0.2, 0.25) is 0 Å². The zero-order valence-electron chi connectivity index (χ0n) is 17.9. The van der Waals surface area contributed by atoms with Gasteiger partial charge < -0.3 is 9.88 Å². The predicted molar refractivity (Wildman–Crippen MR) is 121 cm³/mol. The fourth-order valence-corrected chi connectivity index (χ4v) is 3.26. The van der Waals surface area contributed by atoms with Gasteiger partial charge in [0.2, 0.25) is 0 Å². The van der Waals surface area contributed by atoms with E-state index in [1.165, 1.54) is 5.56 Å². The molecule has 0 amide bonds. The van der Waals surface area contributed by atoms with Crippen LogP contribution in [0.15, 0.2) is 54.9 Å². The number of aryl methyl sites for hydroxylation is 1. The third-order valence-corrected chi connectivity index (χ3v) is 5.07. The molecule has 152 valence electrons. The van der Waals surface area contributed by atoms with Crippen molar-refractivity contribution < 1.29 is 0 Å². The van der Waals surface area contributed by atoms with Crippen LogP contribution in [0.1, 0.15) is 57.8 Å². The lowest BCUT2D eigenvalue weighted by atomic mass is 10.1. The normalized spacial score (nSPS) is 13.5. The molecule has 1 unspecified atom stereocenters. The summed E-state index contributed by atoms with van der Waals surface area (Å²) in [5, 5.41) is 10.6. The van der Waals surface area contributed by atoms with Crippen LogP contribution in [0.25, 0.3) is 11.2 Å². The average Bonchev–Trinajstić information content (AvgIpc) is 3.33. The summed E-state index contributed by atoms with van der Waals surface area (Å²) < 4.78 is 2.17. The molecule has 6 nitrogen and oxygen atoms in total. The quantitative estimate of drug-likeness (QED) is 0.474. The highest BCUT2D eigenvalue weighted by Gasteiger charge is 2.17. The molecule has 3 aromatic rings. The van der Waals surface area contributed by atoms with Gasteiger partial charge in [0.1, 0.15) is 5.52 Å². The monoisotopic (exact) mass is 390 g/mol. The topological polar surface area (TPSA) is 71.4 Å². The average molecular weight is 391 g/mol. The molecule has 3 aromatic heterocycles. The van der Waals surface area contributed by atoms with E-state index >= 15 is 0 Å². The Hall–Kier alpha value is -3.15. The van der Waals surface area contributed by atoms with Gasteiger partial charge in [-0.15, -0.1) is 0 Å². The summed E-state index contributed by atoms with van der Waals surface area (Å²) in [6.07, 6.45) is 12.8. The van der Waals surface area contributed by atoms with Gasteiger partial charge in [-0.05, 0) is 37.3 Å². The van der Waals surface area contributed by atoms with E-state index in [4.69, 9.17) is 9.97 Å². The van der Waals surface area contributed by atoms with Crippen LogP contribution in [-0.4, -0.2) is 24.7 Å². The maximum Gasteiger partial charge on any atom is 0.161 e. The number of anilines is 2. The second kappa shape index (κ2) is 8.90. The van der Waals surface area contributed by atoms with Crippen LogP contribution in [0.5, 0.6) is 0 Å². The first-order valence-corrected chi connectivity index (χ1v) is 10.1. The van der Waals surface area contributed by atoms with E-state index in [2.05, 4.69) is 66.6 Å². The molecule has 0 aliphatic rings. The Balaban J connectivity index is 2.01. The first-order valence-electron chi connectivity index (χ1n) is 10.1. The van der Waals surface area contributed by atoms with Crippen LogP contribution >= 0.6 is 0 Å². The maximum atomic E-state index is 4.87. The minimum Gasteiger partial charge on any atom is -0.324 e. The van der Waals surface area contributed by atoms with Crippen LogP contribution in [0, 0.1) is 0 Å². The van der Waals surface area contributed by atoms with Crippen molar-refractivity contribution in [2.45, 2.75) is 53.0 Å². The summed E-state index contributed by atoms with van der Waals surface area (Å²) >= 11 is 0. The van der Waals surface area contributed by atoms with Crippen LogP contribution in [0.4, 0.5) is 11.6 Å². The lowest BCUT2D eigenvalue weighted by Crippen LogP contribution is -2.07. The summed E-state index contributed by atoms with van der Waals surface area (Å²) in [7, 11) is 0. The van der Waals surface area contributed by atoms with Crippen molar-refractivity contribution in [3.63, 3.8) is 0 Å². The van der Waals surface area contributed by atoms with Crippen molar-refractivity contribution >= 4 is 22.8 Å². The van der Waals surface area contributed by atoms with Gasteiger partial charge in [-0.1, -0.05) is 51.7 Å². The first-order chi connectivity index (χ1) is 14.0. The molecule has 0 spiro atoms. The number of allylic oxidation sites excluding steroid dienone is 5. The standard InChI is InChI=1S/C23H30N6/c1-7-10-11-17(8-2)16(6)29-14-18(9-3)22-23(29)26-21(13-24-22)25-20-12-19(15(4)5)27-28-20/h7-8,10-16H,2,9H2,1,3-6H3,(H2,25,26,27,28)/b10-7-,17-11+. The first kappa shape index (κ1) is 20.6. The van der Waals surface area contributed by atoms with E-state index in [0.29, 0.717) is 11.7 Å². The molecule has 0 saturated heterocycles. The number of aromatic nitrogens is 5. The number of nitrogens with zero attached hydrogens (tertiary/aromatic N) is 4. The molecule has 0 aromatic carbocycles. The van der Waals surface area contributed by atoms with E-state index in [1.54, 1.807) is 6.20 Å². The van der Waals surface area contributed by atoms with Crippen molar-refractivity contribution in [3.05, 3.63) is 66.2 Å². The summed E-state index contributed by atoms with van der Waals surface area (Å²) in [5.74, 6) is 1.80. The number of fused-ring (bicyclic) bond motifs is 1. The SMILES string of the molecule is C=C/C(=C\C=C/C)C(C)n1cc(CC)c2ncc(Nc3cc(C(C)C)[nH]n3)nc21. The fraction of sp³-hybridized carbons (Fsp3) is 0.348. The van der Waals surface area contributed by atoms with Crippen molar-refractivity contribution in [1.82, 2.24) is 24.7 Å². The van der Waals surface area contributed by atoms with E-state index in [9.17, 15) is 0 Å². The van der Waals surface area contributed by atoms with Gasteiger partial charge in [0.05, 0.1) is 12.2 Å². The van der Waals surface area contributed by atoms with Crippen molar-refractivity contribution in [2.24, 2.45) is 0 Å². The van der Waals surface area contributed by atoms with Crippen molar-refractivity contribution in [2.75, 3.05) is 5.32 Å². The van der Waals surface area contributed by atoms with Gasteiger partial charge >= 0.3 is 0 Å². The minimum atomic E-state index is 0.0916. The van der Waals surface area contributed by atoms with Gasteiger partial charge in [-0.3, -0.25) is 5.10 Å². The zero-order chi connectivity index (χ0) is 21.0. The molecule has 3 rings (SSSR count). The molecule has 0 bridgehead atoms. The largest absolute Gasteiger partial charge is 0.324 e. The fourth-order valence-electron chi connectivity index (χ4n) is 3.26. The Bertz CT molecular complexity index is 1050. The molecular formula is C23H30N6. The number of aromatic amines is 1. The Kier molecular flexibility index (Phi) is 6.32. The van der Waals surface area contributed by atoms with Gasteiger partial charge in [0, 0.05) is 18.0 Å². The summed E-state index contributed by atoms with van der Waals surface area (Å²) in [6, 6.07) is 2.10. The number of H-pyrrole nitrogens is 1. The van der Waals surface area contributed by atoms with Crippen LogP contribution in [-0.2, 0) is 6.42 Å². The van der Waals surface area contributed by atoms with E-state index in [1.807, 2.05) is 31.2 Å². The molecule has 29 heavy (non-hydrogen) atoms. The number of hydrogen-bond donors (Lipinski definition) is 2. The smallest absolute Gasteiger partial charge is 0.161 e. The Morgan fingerprint density at radius 3 is 2.72 bits per heavy atom. The van der Waals surface area contributed by atoms with Gasteiger partial charge in [0.15, 0.2) is 17.3 Å². The Morgan fingerprint density at radius 2 is 2.10 bits per heavy atom. The van der Waals surface area contributed by atoms with E-state index in [0.717, 1.165) is 34.7 Å². The second-order valence-electron chi connectivity index (χ2n) is 7.40. The maximum absolute atomic E-state index is 4.87. The number of nitrogens with one attached hydrogen (secondary N) is 2. The van der Waals surface area contributed by atoms with Crippen molar-refractivity contribution in [3.8, 4) is 0 Å². The molecular weight excluding hydrogens is 360 g/mol. The van der Waals surface area contributed by atoms with Crippen LogP contribution in [0.3, 0.4) is 0 Å². The molecule has 0 aliphatic carbocycles. The summed E-state index contributed by atoms with van der Waals surface area (Å²) in [4.78, 5) is 9.56. The predicted octanol–water partition coefficient (Wildman–Crippen LogP) is 5.83. The molecule has 1 atom stereocenters. The molecule has 0 saturated carbocycles. The molecule has 0 fully saturated rings. The highest BCUT2D eigenvalue weighted by atomic mass is 15.2. The van der Waals surface area contributed by atoms with E-state index < -0.39 is 0 Å². The van der Waals surface area contributed by atoms with Gasteiger partial charge in [-0.2, -0.15) is 5.10 Å². The number of hydrogen-bond acceptors (Lipinski definition) is 4. The molecule has 6 heteroatoms. The molecule has 3 heterocycles. The lowest BCUT2D eigenvalue weighted by Gasteiger charge is -2.16. The lowest BCUT2D eigenvalue weighted by molar-refractivity contribution is 0.655. The van der Waals surface area contributed by atoms with Crippen molar-refractivity contribution in [1.29, 1.82) is 0 Å². The van der Waals surface area contributed by atoms with E-state index in [-0.39, 0.29) is 6.04 Å². The van der Waals surface area contributed by atoms with Gasteiger partial charge in [0.25, 0.3) is 0 Å². The zero-order valence-corrected chi connectivity index (χ0v) is 17.9. The molecule has 2 N–H and O–H groups in total. The third-order valence-electron chi connectivity index (χ3n) is 5.07. The summed E-state index contributed by atoms with van der Waals surface area (Å²) in [5.41, 5.74) is 5.17.